The van der Waals surface area contributed by atoms with Crippen LogP contribution in [0.1, 0.15) is 55.2 Å². The highest BCUT2D eigenvalue weighted by Gasteiger charge is 2.37. The second kappa shape index (κ2) is 5.37. The van der Waals surface area contributed by atoms with Gasteiger partial charge in [-0.05, 0) is 26.2 Å². The van der Waals surface area contributed by atoms with Gasteiger partial charge in [0.1, 0.15) is 4.90 Å². The van der Waals surface area contributed by atoms with Crippen LogP contribution in [0.25, 0.3) is 0 Å². The summed E-state index contributed by atoms with van der Waals surface area (Å²) >= 11 is 0. The lowest BCUT2D eigenvalue weighted by molar-refractivity contribution is 0.0730. The largest absolute Gasteiger partial charge is 0.338 e. The van der Waals surface area contributed by atoms with Crippen molar-refractivity contribution >= 4 is 25.6 Å². The fourth-order valence-electron chi connectivity index (χ4n) is 2.03. The van der Waals surface area contributed by atoms with E-state index in [9.17, 15) is 13.2 Å². The number of hydrogen-bond donors (Lipinski definition) is 1. The number of carbonyl (C=O) groups is 1. The molecular weight excluding hydrogens is 302 g/mol. The standard InChI is InChI=1S/C12H18ClN3O3S/c1-4-7(2)16(3)12(17)10-11(20(13,18)19)9(14-15-10)8-5-6-8/h7-8H,4-6H2,1-3H3,(H,14,15). The fourth-order valence-corrected chi connectivity index (χ4v) is 3.33. The summed E-state index contributed by atoms with van der Waals surface area (Å²) in [6.45, 7) is 3.84. The Bertz CT molecular complexity index is 622. The maximum absolute atomic E-state index is 12.4. The molecule has 1 amide bonds. The van der Waals surface area contributed by atoms with Crippen molar-refractivity contribution in [2.45, 2.75) is 50.0 Å². The molecule has 1 fully saturated rings. The van der Waals surface area contributed by atoms with Crippen LogP contribution in [0.4, 0.5) is 0 Å². The van der Waals surface area contributed by atoms with E-state index in [0.29, 0.717) is 5.69 Å². The van der Waals surface area contributed by atoms with Crippen LogP contribution in [0.2, 0.25) is 0 Å². The Morgan fingerprint density at radius 2 is 2.15 bits per heavy atom. The highest BCUT2D eigenvalue weighted by atomic mass is 35.7. The second-order valence-corrected chi connectivity index (χ2v) is 7.70. The topological polar surface area (TPSA) is 83.1 Å². The first-order valence-corrected chi connectivity index (χ1v) is 8.88. The molecule has 0 aliphatic heterocycles. The molecule has 1 atom stereocenters. The van der Waals surface area contributed by atoms with Gasteiger partial charge < -0.3 is 4.90 Å². The minimum absolute atomic E-state index is 0.00513. The number of H-pyrrole nitrogens is 1. The average molecular weight is 320 g/mol. The number of hydrogen-bond acceptors (Lipinski definition) is 4. The lowest BCUT2D eigenvalue weighted by Gasteiger charge is -2.23. The number of rotatable bonds is 5. The van der Waals surface area contributed by atoms with Gasteiger partial charge in [0, 0.05) is 29.7 Å². The van der Waals surface area contributed by atoms with Crippen molar-refractivity contribution in [1.29, 1.82) is 0 Å². The maximum Gasteiger partial charge on any atom is 0.275 e. The number of halogens is 1. The van der Waals surface area contributed by atoms with Crippen molar-refractivity contribution in [3.8, 4) is 0 Å². The Morgan fingerprint density at radius 1 is 1.55 bits per heavy atom. The number of aromatic amines is 1. The van der Waals surface area contributed by atoms with Crippen molar-refractivity contribution in [2.75, 3.05) is 7.05 Å². The Morgan fingerprint density at radius 3 is 2.60 bits per heavy atom. The summed E-state index contributed by atoms with van der Waals surface area (Å²) < 4.78 is 23.5. The van der Waals surface area contributed by atoms with Gasteiger partial charge in [0.2, 0.25) is 0 Å². The monoisotopic (exact) mass is 319 g/mol. The molecule has 1 aliphatic carbocycles. The Labute approximate surface area is 122 Å². The van der Waals surface area contributed by atoms with Crippen molar-refractivity contribution in [1.82, 2.24) is 15.1 Å². The van der Waals surface area contributed by atoms with Crippen LogP contribution < -0.4 is 0 Å². The molecular formula is C12H18ClN3O3S. The van der Waals surface area contributed by atoms with Gasteiger partial charge in [-0.15, -0.1) is 0 Å². The number of aromatic nitrogens is 2. The van der Waals surface area contributed by atoms with Crippen LogP contribution in [0, 0.1) is 0 Å². The van der Waals surface area contributed by atoms with E-state index in [1.807, 2.05) is 13.8 Å². The molecule has 0 saturated heterocycles. The average Bonchev–Trinajstić information content (AvgIpc) is 3.13. The van der Waals surface area contributed by atoms with E-state index in [0.717, 1.165) is 19.3 Å². The molecule has 0 radical (unpaired) electrons. The molecule has 1 aliphatic rings. The third-order valence-electron chi connectivity index (χ3n) is 3.75. The summed E-state index contributed by atoms with van der Waals surface area (Å²) in [4.78, 5) is 13.7. The molecule has 1 aromatic heterocycles. The van der Waals surface area contributed by atoms with Crippen LogP contribution in [0.15, 0.2) is 4.90 Å². The first kappa shape index (κ1) is 15.3. The molecule has 1 unspecified atom stereocenters. The highest BCUT2D eigenvalue weighted by Crippen LogP contribution is 2.43. The Hall–Kier alpha value is -1.08. The van der Waals surface area contributed by atoms with E-state index in [-0.39, 0.29) is 22.5 Å². The van der Waals surface area contributed by atoms with Gasteiger partial charge in [-0.3, -0.25) is 9.89 Å². The summed E-state index contributed by atoms with van der Waals surface area (Å²) in [6.07, 6.45) is 2.54. The zero-order valence-corrected chi connectivity index (χ0v) is 13.3. The number of amides is 1. The third kappa shape index (κ3) is 2.83. The molecule has 6 nitrogen and oxygen atoms in total. The van der Waals surface area contributed by atoms with Gasteiger partial charge in [0.15, 0.2) is 5.69 Å². The van der Waals surface area contributed by atoms with E-state index in [4.69, 9.17) is 10.7 Å². The predicted molar refractivity (Wildman–Crippen MR) is 75.4 cm³/mol. The van der Waals surface area contributed by atoms with E-state index in [2.05, 4.69) is 10.2 Å². The molecule has 8 heteroatoms. The quantitative estimate of drug-likeness (QED) is 0.842. The molecule has 20 heavy (non-hydrogen) atoms. The van der Waals surface area contributed by atoms with Crippen LogP contribution in [0.5, 0.6) is 0 Å². The molecule has 0 aromatic carbocycles. The van der Waals surface area contributed by atoms with E-state index < -0.39 is 15.0 Å². The summed E-state index contributed by atoms with van der Waals surface area (Å²) in [6, 6.07) is -0.00513. The Balaban J connectivity index is 2.44. The zero-order chi connectivity index (χ0) is 15.1. The summed E-state index contributed by atoms with van der Waals surface area (Å²) in [5.74, 6) is -0.316. The first-order valence-electron chi connectivity index (χ1n) is 6.57. The molecule has 0 bridgehead atoms. The van der Waals surface area contributed by atoms with E-state index in [1.165, 1.54) is 4.90 Å². The lowest BCUT2D eigenvalue weighted by Crippen LogP contribution is -2.35. The normalized spacial score (nSPS) is 17.0. The number of nitrogens with one attached hydrogen (secondary N) is 1. The predicted octanol–water partition coefficient (Wildman–Crippen LogP) is 2.09. The van der Waals surface area contributed by atoms with Crippen molar-refractivity contribution < 1.29 is 13.2 Å². The lowest BCUT2D eigenvalue weighted by atomic mass is 10.2. The maximum atomic E-state index is 12.4. The van der Waals surface area contributed by atoms with Crippen molar-refractivity contribution in [2.24, 2.45) is 0 Å². The number of carbonyl (C=O) groups excluding carboxylic acids is 1. The van der Waals surface area contributed by atoms with Gasteiger partial charge in [0.05, 0.1) is 5.69 Å². The van der Waals surface area contributed by atoms with Crippen LogP contribution in [0.3, 0.4) is 0 Å². The number of nitrogens with zero attached hydrogens (tertiary/aromatic N) is 2. The van der Waals surface area contributed by atoms with Crippen LogP contribution >= 0.6 is 10.7 Å². The summed E-state index contributed by atoms with van der Waals surface area (Å²) in [5.41, 5.74) is 0.352. The van der Waals surface area contributed by atoms with Gasteiger partial charge in [-0.1, -0.05) is 6.92 Å². The summed E-state index contributed by atoms with van der Waals surface area (Å²) in [7, 11) is 3.11. The van der Waals surface area contributed by atoms with Crippen molar-refractivity contribution in [3.63, 3.8) is 0 Å². The molecule has 112 valence electrons. The Kier molecular flexibility index (Phi) is 4.11. The third-order valence-corrected chi connectivity index (χ3v) is 5.12. The molecule has 1 aromatic rings. The second-order valence-electron chi connectivity index (χ2n) is 5.20. The van der Waals surface area contributed by atoms with Gasteiger partial charge in [-0.25, -0.2) is 8.42 Å². The van der Waals surface area contributed by atoms with E-state index >= 15 is 0 Å². The van der Waals surface area contributed by atoms with Crippen molar-refractivity contribution in [3.05, 3.63) is 11.4 Å². The summed E-state index contributed by atoms with van der Waals surface area (Å²) in [5, 5.41) is 6.58. The fraction of sp³-hybridized carbons (Fsp3) is 0.667. The molecule has 1 saturated carbocycles. The van der Waals surface area contributed by atoms with E-state index in [1.54, 1.807) is 7.05 Å². The molecule has 1 heterocycles. The zero-order valence-electron chi connectivity index (χ0n) is 11.7. The van der Waals surface area contributed by atoms with Gasteiger partial charge in [0.25, 0.3) is 15.0 Å². The smallest absolute Gasteiger partial charge is 0.275 e. The highest BCUT2D eigenvalue weighted by molar-refractivity contribution is 8.13. The minimum atomic E-state index is -4.01. The van der Waals surface area contributed by atoms with Gasteiger partial charge in [-0.2, -0.15) is 5.10 Å². The van der Waals surface area contributed by atoms with Crippen LogP contribution in [-0.2, 0) is 9.05 Å². The molecule has 0 spiro atoms. The van der Waals surface area contributed by atoms with Gasteiger partial charge >= 0.3 is 0 Å². The molecule has 1 N–H and O–H groups in total. The van der Waals surface area contributed by atoms with Crippen LogP contribution in [-0.4, -0.2) is 42.5 Å². The minimum Gasteiger partial charge on any atom is -0.338 e. The molecule has 2 rings (SSSR count). The first-order chi connectivity index (χ1) is 9.27. The SMILES string of the molecule is CCC(C)N(C)C(=O)c1n[nH]c(C2CC2)c1S(=O)(=O)Cl.